The predicted molar refractivity (Wildman–Crippen MR) is 68.4 cm³/mol. The number of pyridine rings is 1. The van der Waals surface area contributed by atoms with Gasteiger partial charge in [0.1, 0.15) is 17.8 Å². The lowest BCUT2D eigenvalue weighted by Gasteiger charge is -2.27. The van der Waals surface area contributed by atoms with E-state index in [0.717, 1.165) is 5.82 Å². The maximum Gasteiger partial charge on any atom is 0.274 e. The van der Waals surface area contributed by atoms with Crippen LogP contribution < -0.4 is 5.73 Å². The summed E-state index contributed by atoms with van der Waals surface area (Å²) in [6.45, 7) is 1.62. The molecule has 0 saturated carbocycles. The molecule has 0 saturated heterocycles. The van der Waals surface area contributed by atoms with E-state index in [-0.39, 0.29) is 17.4 Å². The van der Waals surface area contributed by atoms with Crippen LogP contribution in [0.2, 0.25) is 5.02 Å². The third kappa shape index (κ3) is 2.12. The third-order valence-electron chi connectivity index (χ3n) is 3.00. The molecule has 0 aromatic carbocycles. The summed E-state index contributed by atoms with van der Waals surface area (Å²) in [5.74, 6) is 0.777. The zero-order chi connectivity index (χ0) is 13.4. The normalized spacial score (nSPS) is 14.3. The maximum atomic E-state index is 12.4. The Balaban J connectivity index is 1.87. The van der Waals surface area contributed by atoms with Gasteiger partial charge in [-0.1, -0.05) is 11.6 Å². The third-order valence-corrected chi connectivity index (χ3v) is 3.30. The van der Waals surface area contributed by atoms with Crippen LogP contribution in [0, 0.1) is 0 Å². The molecular formula is C11H11ClN6O. The molecule has 1 aliphatic heterocycles. The number of nitrogens with two attached hydrogens (primary N) is 1. The van der Waals surface area contributed by atoms with E-state index in [1.807, 2.05) is 4.57 Å². The number of amides is 1. The fraction of sp³-hybridized carbons (Fsp3) is 0.273. The lowest BCUT2D eigenvalue weighted by molar-refractivity contribution is 0.0702. The first-order valence-electron chi connectivity index (χ1n) is 5.73. The highest BCUT2D eigenvalue weighted by Gasteiger charge is 2.25. The highest BCUT2D eigenvalue weighted by atomic mass is 35.5. The molecule has 2 N–H and O–H groups in total. The lowest BCUT2D eigenvalue weighted by atomic mass is 10.2. The van der Waals surface area contributed by atoms with Gasteiger partial charge in [-0.25, -0.2) is 4.98 Å². The van der Waals surface area contributed by atoms with Crippen LogP contribution in [0.1, 0.15) is 16.3 Å². The van der Waals surface area contributed by atoms with Gasteiger partial charge >= 0.3 is 0 Å². The average molecular weight is 279 g/mol. The van der Waals surface area contributed by atoms with Gasteiger partial charge in [0.15, 0.2) is 5.82 Å². The van der Waals surface area contributed by atoms with Crippen LogP contribution in [0.15, 0.2) is 18.5 Å². The molecule has 3 heterocycles. The summed E-state index contributed by atoms with van der Waals surface area (Å²) >= 11 is 5.99. The van der Waals surface area contributed by atoms with E-state index in [9.17, 15) is 4.79 Å². The number of carbonyl (C=O) groups excluding carboxylic acids is 1. The van der Waals surface area contributed by atoms with Crippen molar-refractivity contribution in [2.24, 2.45) is 0 Å². The number of hydrogen-bond acceptors (Lipinski definition) is 5. The fourth-order valence-electron chi connectivity index (χ4n) is 2.00. The number of aromatic nitrogens is 4. The highest BCUT2D eigenvalue weighted by molar-refractivity contribution is 6.33. The predicted octanol–water partition coefficient (Wildman–Crippen LogP) is 0.565. The SMILES string of the molecule is Nc1ccc(Cl)c(C(=O)N2CCn3cnnc3C2)n1. The molecule has 0 fully saturated rings. The van der Waals surface area contributed by atoms with Gasteiger partial charge in [0, 0.05) is 13.1 Å². The molecule has 98 valence electrons. The van der Waals surface area contributed by atoms with Gasteiger partial charge in [-0.3, -0.25) is 4.79 Å². The molecule has 7 nitrogen and oxygen atoms in total. The summed E-state index contributed by atoms with van der Waals surface area (Å²) in [7, 11) is 0. The van der Waals surface area contributed by atoms with Gasteiger partial charge in [0.05, 0.1) is 11.6 Å². The molecule has 2 aromatic rings. The minimum atomic E-state index is -0.244. The van der Waals surface area contributed by atoms with Crippen molar-refractivity contribution < 1.29 is 4.79 Å². The summed E-state index contributed by atoms with van der Waals surface area (Å²) in [5, 5.41) is 8.08. The zero-order valence-corrected chi connectivity index (χ0v) is 10.7. The number of carbonyl (C=O) groups is 1. The molecular weight excluding hydrogens is 268 g/mol. The first-order chi connectivity index (χ1) is 9.15. The molecule has 2 aromatic heterocycles. The van der Waals surface area contributed by atoms with Crippen molar-refractivity contribution >= 4 is 23.3 Å². The van der Waals surface area contributed by atoms with Crippen molar-refractivity contribution in [1.29, 1.82) is 0 Å². The van der Waals surface area contributed by atoms with E-state index < -0.39 is 0 Å². The Kier molecular flexibility index (Phi) is 2.83. The van der Waals surface area contributed by atoms with E-state index in [4.69, 9.17) is 17.3 Å². The summed E-state index contributed by atoms with van der Waals surface area (Å²) in [6.07, 6.45) is 1.66. The number of rotatable bonds is 1. The fourth-order valence-corrected chi connectivity index (χ4v) is 2.18. The van der Waals surface area contributed by atoms with Crippen LogP contribution in [0.4, 0.5) is 5.82 Å². The van der Waals surface area contributed by atoms with Crippen molar-refractivity contribution in [3.63, 3.8) is 0 Å². The number of nitrogens with zero attached hydrogens (tertiary/aromatic N) is 5. The summed E-state index contributed by atoms with van der Waals surface area (Å²) in [6, 6.07) is 3.13. The van der Waals surface area contributed by atoms with Crippen LogP contribution >= 0.6 is 11.6 Å². The Labute approximate surface area is 114 Å². The molecule has 1 aliphatic rings. The largest absolute Gasteiger partial charge is 0.384 e. The van der Waals surface area contributed by atoms with Crippen molar-refractivity contribution in [2.45, 2.75) is 13.1 Å². The Bertz CT molecular complexity index is 640. The molecule has 3 rings (SSSR count). The topological polar surface area (TPSA) is 89.9 Å². The average Bonchev–Trinajstić information content (AvgIpc) is 2.88. The van der Waals surface area contributed by atoms with Gasteiger partial charge in [-0.05, 0) is 12.1 Å². The molecule has 0 bridgehead atoms. The Morgan fingerprint density at radius 1 is 1.37 bits per heavy atom. The van der Waals surface area contributed by atoms with Crippen LogP contribution in [0.3, 0.4) is 0 Å². The smallest absolute Gasteiger partial charge is 0.274 e. The number of nitrogen functional groups attached to an aromatic ring is 1. The van der Waals surface area contributed by atoms with Crippen molar-refractivity contribution in [3.8, 4) is 0 Å². The van der Waals surface area contributed by atoms with Crippen LogP contribution in [-0.4, -0.2) is 37.1 Å². The Morgan fingerprint density at radius 3 is 3.05 bits per heavy atom. The first-order valence-corrected chi connectivity index (χ1v) is 6.11. The van der Waals surface area contributed by atoms with Crippen molar-refractivity contribution in [2.75, 3.05) is 12.3 Å². The van der Waals surface area contributed by atoms with E-state index in [0.29, 0.717) is 24.7 Å². The second-order valence-corrected chi connectivity index (χ2v) is 4.64. The van der Waals surface area contributed by atoms with E-state index in [1.54, 1.807) is 23.4 Å². The van der Waals surface area contributed by atoms with Crippen LogP contribution in [-0.2, 0) is 13.1 Å². The number of fused-ring (bicyclic) bond motifs is 1. The van der Waals surface area contributed by atoms with Gasteiger partial charge in [0.25, 0.3) is 5.91 Å². The number of anilines is 1. The number of halogens is 1. The summed E-state index contributed by atoms with van der Waals surface area (Å²) in [5.41, 5.74) is 5.76. The van der Waals surface area contributed by atoms with Crippen LogP contribution in [0.5, 0.6) is 0 Å². The quantitative estimate of drug-likeness (QED) is 0.823. The molecule has 0 unspecified atom stereocenters. The molecule has 19 heavy (non-hydrogen) atoms. The molecule has 0 radical (unpaired) electrons. The minimum absolute atomic E-state index is 0.176. The van der Waals surface area contributed by atoms with Gasteiger partial charge in [-0.15, -0.1) is 10.2 Å². The second kappa shape index (κ2) is 4.51. The molecule has 0 spiro atoms. The van der Waals surface area contributed by atoms with Crippen molar-refractivity contribution in [1.82, 2.24) is 24.6 Å². The molecule has 0 atom stereocenters. The second-order valence-electron chi connectivity index (χ2n) is 4.23. The van der Waals surface area contributed by atoms with Gasteiger partial charge in [0.2, 0.25) is 0 Å². The van der Waals surface area contributed by atoms with Gasteiger partial charge in [-0.2, -0.15) is 0 Å². The van der Waals surface area contributed by atoms with E-state index in [2.05, 4.69) is 15.2 Å². The lowest BCUT2D eigenvalue weighted by Crippen LogP contribution is -2.38. The highest BCUT2D eigenvalue weighted by Crippen LogP contribution is 2.19. The Morgan fingerprint density at radius 2 is 2.21 bits per heavy atom. The van der Waals surface area contributed by atoms with E-state index >= 15 is 0 Å². The Hall–Kier alpha value is -2.15. The van der Waals surface area contributed by atoms with Gasteiger partial charge < -0.3 is 15.2 Å². The standard InChI is InChI=1S/C11H11ClN6O/c12-7-1-2-8(13)15-10(7)11(19)17-3-4-18-6-14-16-9(18)5-17/h1-2,6H,3-5H2,(H2,13,15). The minimum Gasteiger partial charge on any atom is -0.384 e. The number of hydrogen-bond donors (Lipinski definition) is 1. The van der Waals surface area contributed by atoms with Crippen LogP contribution in [0.25, 0.3) is 0 Å². The van der Waals surface area contributed by atoms with Crippen molar-refractivity contribution in [3.05, 3.63) is 35.0 Å². The first kappa shape index (κ1) is 11.9. The molecule has 1 amide bonds. The molecule has 8 heteroatoms. The molecule has 0 aliphatic carbocycles. The van der Waals surface area contributed by atoms with E-state index in [1.165, 1.54) is 0 Å². The maximum absolute atomic E-state index is 12.4. The monoisotopic (exact) mass is 278 g/mol. The summed E-state index contributed by atoms with van der Waals surface area (Å²) in [4.78, 5) is 18.0. The zero-order valence-electron chi connectivity index (χ0n) is 9.95. The summed E-state index contributed by atoms with van der Waals surface area (Å²) < 4.78 is 1.91.